The second-order valence-electron chi connectivity index (χ2n) is 6.37. The van der Waals surface area contributed by atoms with Gasteiger partial charge in [-0.2, -0.15) is 0 Å². The summed E-state index contributed by atoms with van der Waals surface area (Å²) in [5.74, 6) is 0.854. The molecule has 0 saturated heterocycles. The molecule has 2 aliphatic rings. The van der Waals surface area contributed by atoms with Crippen molar-refractivity contribution < 1.29 is 10.0 Å². The quantitative estimate of drug-likeness (QED) is 0.320. The first-order valence-electron chi connectivity index (χ1n) is 7.91. The number of amidine groups is 1. The molecule has 0 aromatic heterocycles. The Kier molecular flexibility index (Phi) is 4.89. The number of nitrogens with two attached hydrogens (primary N) is 1. The molecule has 0 bridgehead atoms. The number of hydrogen-bond acceptors (Lipinski definition) is 3. The predicted molar refractivity (Wildman–Crippen MR) is 78.5 cm³/mol. The second-order valence-corrected chi connectivity index (χ2v) is 6.37. The lowest BCUT2D eigenvalue weighted by Gasteiger charge is -2.32. The topological polar surface area (TPSA) is 87.7 Å². The molecule has 114 valence electrons. The van der Waals surface area contributed by atoms with Crippen LogP contribution in [0.25, 0.3) is 0 Å². The predicted octanol–water partition coefficient (Wildman–Crippen LogP) is 2.38. The summed E-state index contributed by atoms with van der Waals surface area (Å²) in [6.07, 6.45) is 9.04. The SMILES string of the molecule is CCC1CCC(NC(=O)C2(C(N)=NO)CCCC2)CC1. The molecule has 0 heterocycles. The second kappa shape index (κ2) is 6.46. The summed E-state index contributed by atoms with van der Waals surface area (Å²) in [7, 11) is 0. The summed E-state index contributed by atoms with van der Waals surface area (Å²) in [5.41, 5.74) is 5.03. The molecule has 2 fully saturated rings. The van der Waals surface area contributed by atoms with Crippen LogP contribution in [0.5, 0.6) is 0 Å². The van der Waals surface area contributed by atoms with E-state index in [4.69, 9.17) is 10.9 Å². The molecule has 2 rings (SSSR count). The van der Waals surface area contributed by atoms with E-state index in [1.54, 1.807) is 0 Å². The van der Waals surface area contributed by atoms with Gasteiger partial charge in [0.05, 0.1) is 0 Å². The van der Waals surface area contributed by atoms with Crippen LogP contribution in [0.4, 0.5) is 0 Å². The Labute approximate surface area is 121 Å². The molecule has 5 heteroatoms. The summed E-state index contributed by atoms with van der Waals surface area (Å²) in [6.45, 7) is 2.23. The van der Waals surface area contributed by atoms with Gasteiger partial charge in [0.2, 0.25) is 5.91 Å². The van der Waals surface area contributed by atoms with Crippen LogP contribution in [0.3, 0.4) is 0 Å². The molecule has 1 amide bonds. The average Bonchev–Trinajstić information content (AvgIpc) is 2.98. The van der Waals surface area contributed by atoms with Crippen molar-refractivity contribution in [3.8, 4) is 0 Å². The standard InChI is InChI=1S/C15H27N3O2/c1-2-11-5-7-12(8-6-11)17-14(19)15(13(16)18-20)9-3-4-10-15/h11-12,20H,2-10H2,1H3,(H2,16,18)(H,17,19). The largest absolute Gasteiger partial charge is 0.409 e. The Balaban J connectivity index is 1.96. The third-order valence-corrected chi connectivity index (χ3v) is 5.25. The van der Waals surface area contributed by atoms with E-state index in [2.05, 4.69) is 17.4 Å². The Hall–Kier alpha value is -1.26. The zero-order chi connectivity index (χ0) is 14.6. The van der Waals surface area contributed by atoms with Crippen molar-refractivity contribution in [3.63, 3.8) is 0 Å². The lowest BCUT2D eigenvalue weighted by molar-refractivity contribution is -0.128. The molecule has 0 aromatic carbocycles. The molecule has 5 nitrogen and oxygen atoms in total. The Bertz CT molecular complexity index is 367. The van der Waals surface area contributed by atoms with Crippen molar-refractivity contribution in [2.45, 2.75) is 70.8 Å². The fourth-order valence-electron chi connectivity index (χ4n) is 3.71. The van der Waals surface area contributed by atoms with Crippen LogP contribution in [0.1, 0.15) is 64.7 Å². The van der Waals surface area contributed by atoms with Crippen molar-refractivity contribution in [1.29, 1.82) is 0 Å². The van der Waals surface area contributed by atoms with Crippen LogP contribution >= 0.6 is 0 Å². The first kappa shape index (κ1) is 15.1. The Morgan fingerprint density at radius 1 is 1.30 bits per heavy atom. The number of carbonyl (C=O) groups excluding carboxylic acids is 1. The summed E-state index contributed by atoms with van der Waals surface area (Å²) < 4.78 is 0. The molecule has 0 aliphatic heterocycles. The van der Waals surface area contributed by atoms with Crippen molar-refractivity contribution >= 4 is 11.7 Å². The van der Waals surface area contributed by atoms with E-state index in [-0.39, 0.29) is 17.8 Å². The molecule has 0 spiro atoms. The maximum absolute atomic E-state index is 12.6. The molecule has 0 atom stereocenters. The van der Waals surface area contributed by atoms with Gasteiger partial charge in [0, 0.05) is 6.04 Å². The highest BCUT2D eigenvalue weighted by molar-refractivity contribution is 6.07. The summed E-state index contributed by atoms with van der Waals surface area (Å²) in [5, 5.41) is 15.2. The number of rotatable bonds is 4. The Morgan fingerprint density at radius 2 is 1.90 bits per heavy atom. The van der Waals surface area contributed by atoms with Crippen molar-refractivity contribution in [2.75, 3.05) is 0 Å². The van der Waals surface area contributed by atoms with E-state index in [1.165, 1.54) is 19.3 Å². The minimum atomic E-state index is -0.768. The van der Waals surface area contributed by atoms with Gasteiger partial charge in [0.1, 0.15) is 5.41 Å². The lowest BCUT2D eigenvalue weighted by atomic mass is 9.81. The fourth-order valence-corrected chi connectivity index (χ4v) is 3.71. The number of hydrogen-bond donors (Lipinski definition) is 3. The van der Waals surface area contributed by atoms with Crippen LogP contribution in [-0.4, -0.2) is 23.0 Å². The van der Waals surface area contributed by atoms with Crippen LogP contribution in [0.2, 0.25) is 0 Å². The van der Waals surface area contributed by atoms with E-state index >= 15 is 0 Å². The van der Waals surface area contributed by atoms with Crippen LogP contribution in [0.15, 0.2) is 5.16 Å². The van der Waals surface area contributed by atoms with E-state index in [1.807, 2.05) is 0 Å². The van der Waals surface area contributed by atoms with Gasteiger partial charge in [-0.05, 0) is 44.4 Å². The van der Waals surface area contributed by atoms with E-state index < -0.39 is 5.41 Å². The number of carbonyl (C=O) groups is 1. The Morgan fingerprint density at radius 3 is 2.40 bits per heavy atom. The molecule has 4 N–H and O–H groups in total. The van der Waals surface area contributed by atoms with Gasteiger partial charge < -0.3 is 16.3 Å². The summed E-state index contributed by atoms with van der Waals surface area (Å²) >= 11 is 0. The molecular formula is C15H27N3O2. The van der Waals surface area contributed by atoms with Crippen molar-refractivity contribution in [1.82, 2.24) is 5.32 Å². The van der Waals surface area contributed by atoms with Crippen molar-refractivity contribution in [3.05, 3.63) is 0 Å². The highest BCUT2D eigenvalue weighted by Gasteiger charge is 2.46. The van der Waals surface area contributed by atoms with Gasteiger partial charge in [-0.25, -0.2) is 0 Å². The number of oxime groups is 1. The smallest absolute Gasteiger partial charge is 0.234 e. The normalized spacial score (nSPS) is 30.1. The maximum atomic E-state index is 12.6. The zero-order valence-electron chi connectivity index (χ0n) is 12.4. The first-order chi connectivity index (χ1) is 9.62. The number of nitrogens with one attached hydrogen (secondary N) is 1. The highest BCUT2D eigenvalue weighted by Crippen LogP contribution is 2.39. The van der Waals surface area contributed by atoms with E-state index in [9.17, 15) is 4.79 Å². The molecule has 0 unspecified atom stereocenters. The lowest BCUT2D eigenvalue weighted by Crippen LogP contribution is -2.51. The summed E-state index contributed by atoms with van der Waals surface area (Å²) in [4.78, 5) is 12.6. The third-order valence-electron chi connectivity index (χ3n) is 5.25. The molecule has 2 aliphatic carbocycles. The van der Waals surface area contributed by atoms with Crippen LogP contribution in [-0.2, 0) is 4.79 Å². The van der Waals surface area contributed by atoms with Gasteiger partial charge in [-0.15, -0.1) is 0 Å². The van der Waals surface area contributed by atoms with Gasteiger partial charge >= 0.3 is 0 Å². The molecule has 2 saturated carbocycles. The minimum Gasteiger partial charge on any atom is -0.409 e. The van der Waals surface area contributed by atoms with Crippen LogP contribution < -0.4 is 11.1 Å². The molecular weight excluding hydrogens is 254 g/mol. The number of amides is 1. The highest BCUT2D eigenvalue weighted by atomic mass is 16.4. The third kappa shape index (κ3) is 2.91. The van der Waals surface area contributed by atoms with Gasteiger partial charge in [-0.3, -0.25) is 4.79 Å². The number of nitrogens with zero attached hydrogens (tertiary/aromatic N) is 1. The molecule has 0 radical (unpaired) electrons. The fraction of sp³-hybridized carbons (Fsp3) is 0.867. The average molecular weight is 281 g/mol. The van der Waals surface area contributed by atoms with E-state index in [0.29, 0.717) is 12.8 Å². The molecule has 20 heavy (non-hydrogen) atoms. The summed E-state index contributed by atoms with van der Waals surface area (Å²) in [6, 6.07) is 0.259. The van der Waals surface area contributed by atoms with E-state index in [0.717, 1.165) is 31.6 Å². The zero-order valence-corrected chi connectivity index (χ0v) is 12.4. The van der Waals surface area contributed by atoms with Gasteiger partial charge in [0.25, 0.3) is 0 Å². The monoisotopic (exact) mass is 281 g/mol. The van der Waals surface area contributed by atoms with Crippen molar-refractivity contribution in [2.24, 2.45) is 22.2 Å². The minimum absolute atomic E-state index is 0.0368. The maximum Gasteiger partial charge on any atom is 0.234 e. The first-order valence-corrected chi connectivity index (χ1v) is 7.91. The van der Waals surface area contributed by atoms with Gasteiger partial charge in [0.15, 0.2) is 5.84 Å². The molecule has 0 aromatic rings. The van der Waals surface area contributed by atoms with Crippen LogP contribution in [0, 0.1) is 11.3 Å². The van der Waals surface area contributed by atoms with Gasteiger partial charge in [-0.1, -0.05) is 31.3 Å².